The van der Waals surface area contributed by atoms with Crippen LogP contribution >= 0.6 is 0 Å². The zero-order valence-electron chi connectivity index (χ0n) is 14.7. The molecule has 3 N–H and O–H groups in total. The lowest BCUT2D eigenvalue weighted by Crippen LogP contribution is -2.40. The molecule has 1 saturated heterocycles. The maximum atomic E-state index is 11.9. The molecule has 24 heavy (non-hydrogen) atoms. The number of anilines is 2. The van der Waals surface area contributed by atoms with Crippen molar-refractivity contribution in [2.75, 3.05) is 30.8 Å². The van der Waals surface area contributed by atoms with E-state index in [-0.39, 0.29) is 23.5 Å². The molecule has 7 heteroatoms. The van der Waals surface area contributed by atoms with E-state index in [1.54, 1.807) is 13.2 Å². The third-order valence-electron chi connectivity index (χ3n) is 3.73. The maximum absolute atomic E-state index is 11.9. The Morgan fingerprint density at radius 3 is 2.88 bits per heavy atom. The van der Waals surface area contributed by atoms with Crippen LogP contribution in [-0.2, 0) is 9.53 Å². The van der Waals surface area contributed by atoms with Crippen molar-refractivity contribution in [3.05, 3.63) is 12.4 Å². The predicted molar refractivity (Wildman–Crippen MR) is 93.2 cm³/mol. The first-order valence-corrected chi connectivity index (χ1v) is 7.96. The molecule has 2 heterocycles. The van der Waals surface area contributed by atoms with Crippen LogP contribution < -0.4 is 16.0 Å². The number of nitrogens with one attached hydrogen (secondary N) is 1. The highest BCUT2D eigenvalue weighted by molar-refractivity contribution is 5.93. The lowest BCUT2D eigenvalue weighted by molar-refractivity contribution is -0.115. The molecule has 1 aromatic rings. The van der Waals surface area contributed by atoms with Crippen LogP contribution in [0.4, 0.5) is 11.6 Å². The zero-order chi connectivity index (χ0) is 17.7. The molecule has 0 bridgehead atoms. The molecule has 0 aliphatic carbocycles. The Labute approximate surface area is 143 Å². The van der Waals surface area contributed by atoms with E-state index in [4.69, 9.17) is 10.5 Å². The number of ether oxygens (including phenoxy) is 1. The Kier molecular flexibility index (Phi) is 5.62. The Hall–Kier alpha value is -2.33. The molecule has 0 radical (unpaired) electrons. The first-order chi connectivity index (χ1) is 11.3. The summed E-state index contributed by atoms with van der Waals surface area (Å²) in [6.45, 7) is 7.07. The molecule has 0 saturated carbocycles. The normalized spacial score (nSPS) is 20.4. The third-order valence-corrected chi connectivity index (χ3v) is 3.73. The van der Waals surface area contributed by atoms with Gasteiger partial charge in [-0.25, -0.2) is 9.97 Å². The monoisotopic (exact) mass is 331 g/mol. The number of aromatic nitrogens is 2. The molecule has 2 rings (SSSR count). The topological polar surface area (TPSA) is 93.4 Å². The highest BCUT2D eigenvalue weighted by Gasteiger charge is 2.33. The molecule has 2 atom stereocenters. The van der Waals surface area contributed by atoms with Crippen molar-refractivity contribution in [3.63, 3.8) is 0 Å². The number of nitrogen functional groups attached to an aromatic ring is 1. The van der Waals surface area contributed by atoms with Crippen molar-refractivity contribution in [2.45, 2.75) is 39.3 Å². The molecule has 7 nitrogen and oxygen atoms in total. The van der Waals surface area contributed by atoms with E-state index in [9.17, 15) is 4.79 Å². The summed E-state index contributed by atoms with van der Waals surface area (Å²) in [5.41, 5.74) is 5.55. The van der Waals surface area contributed by atoms with E-state index < -0.39 is 0 Å². The van der Waals surface area contributed by atoms with Crippen LogP contribution in [0.1, 0.15) is 27.2 Å². The molecule has 1 fully saturated rings. The predicted octanol–water partition coefficient (Wildman–Crippen LogP) is 0.818. The number of nitrogens with two attached hydrogens (primary N) is 1. The highest BCUT2D eigenvalue weighted by atomic mass is 16.5. The SMILES string of the molecule is CO[C@@H]1C[C@H](CNC(=O)C#CC(C)(C)C)N(c2cc(N)ncn2)C1. The van der Waals surface area contributed by atoms with E-state index in [2.05, 4.69) is 32.0 Å². The minimum atomic E-state index is -0.270. The van der Waals surface area contributed by atoms with Gasteiger partial charge >= 0.3 is 0 Å². The molecule has 0 aromatic carbocycles. The summed E-state index contributed by atoms with van der Waals surface area (Å²) in [6.07, 6.45) is 2.33. The van der Waals surface area contributed by atoms with Gasteiger partial charge in [-0.15, -0.1) is 0 Å². The summed E-state index contributed by atoms with van der Waals surface area (Å²) >= 11 is 0. The summed E-state index contributed by atoms with van der Waals surface area (Å²) in [5, 5.41) is 2.87. The van der Waals surface area contributed by atoms with Crippen molar-refractivity contribution >= 4 is 17.5 Å². The van der Waals surface area contributed by atoms with Crippen LogP contribution in [-0.4, -0.2) is 48.2 Å². The van der Waals surface area contributed by atoms with E-state index in [1.165, 1.54) is 6.33 Å². The van der Waals surface area contributed by atoms with Gasteiger partial charge in [-0.3, -0.25) is 4.79 Å². The van der Waals surface area contributed by atoms with Gasteiger partial charge in [0.05, 0.1) is 12.1 Å². The molecule has 130 valence electrons. The van der Waals surface area contributed by atoms with E-state index >= 15 is 0 Å². The standard InChI is InChI=1S/C17H25N5O2/c1-17(2,3)6-5-16(23)19-9-12-7-13(24-4)10-22(12)15-8-14(18)20-11-21-15/h8,11-13H,7,9-10H2,1-4H3,(H,19,23)(H2,18,20,21)/t12-,13-/m1/s1. The first kappa shape index (κ1) is 18.0. The van der Waals surface area contributed by atoms with Crippen LogP contribution in [0.5, 0.6) is 0 Å². The molecule has 0 spiro atoms. The average molecular weight is 331 g/mol. The van der Waals surface area contributed by atoms with Crippen molar-refractivity contribution in [1.82, 2.24) is 15.3 Å². The fraction of sp³-hybridized carbons (Fsp3) is 0.588. The van der Waals surface area contributed by atoms with Crippen LogP contribution in [0.15, 0.2) is 12.4 Å². The van der Waals surface area contributed by atoms with Gasteiger partial charge in [-0.1, -0.05) is 5.92 Å². The summed E-state index contributed by atoms with van der Waals surface area (Å²) in [5.74, 6) is 6.45. The minimum Gasteiger partial charge on any atom is -0.384 e. The van der Waals surface area contributed by atoms with Crippen molar-refractivity contribution in [3.8, 4) is 11.8 Å². The fourth-order valence-corrected chi connectivity index (χ4v) is 2.54. The lowest BCUT2D eigenvalue weighted by Gasteiger charge is -2.25. The number of methoxy groups -OCH3 is 1. The van der Waals surface area contributed by atoms with Crippen molar-refractivity contribution in [1.29, 1.82) is 0 Å². The second kappa shape index (κ2) is 7.49. The molecule has 1 aromatic heterocycles. The van der Waals surface area contributed by atoms with Gasteiger partial charge in [0.1, 0.15) is 18.0 Å². The molecule has 1 amide bonds. The number of nitrogens with zero attached hydrogens (tertiary/aromatic N) is 3. The van der Waals surface area contributed by atoms with Gasteiger partial charge in [0.25, 0.3) is 5.91 Å². The van der Waals surface area contributed by atoms with Gasteiger partial charge in [0.15, 0.2) is 0 Å². The number of amides is 1. The lowest BCUT2D eigenvalue weighted by atomic mass is 9.98. The summed E-state index contributed by atoms with van der Waals surface area (Å²) in [7, 11) is 1.69. The second-order valence-electron chi connectivity index (χ2n) is 6.91. The largest absolute Gasteiger partial charge is 0.384 e. The van der Waals surface area contributed by atoms with Gasteiger partial charge in [-0.2, -0.15) is 0 Å². The Morgan fingerprint density at radius 2 is 2.25 bits per heavy atom. The molecule has 1 aliphatic heterocycles. The molecular formula is C17H25N5O2. The first-order valence-electron chi connectivity index (χ1n) is 7.96. The van der Waals surface area contributed by atoms with Crippen LogP contribution in [0.2, 0.25) is 0 Å². The molecular weight excluding hydrogens is 306 g/mol. The fourth-order valence-electron chi connectivity index (χ4n) is 2.54. The Balaban J connectivity index is 2.03. The zero-order valence-corrected chi connectivity index (χ0v) is 14.7. The van der Waals surface area contributed by atoms with Crippen LogP contribution in [0.3, 0.4) is 0 Å². The van der Waals surface area contributed by atoms with Gasteiger partial charge in [-0.05, 0) is 33.1 Å². The Morgan fingerprint density at radius 1 is 1.50 bits per heavy atom. The second-order valence-corrected chi connectivity index (χ2v) is 6.91. The van der Waals surface area contributed by atoms with Crippen molar-refractivity contribution in [2.24, 2.45) is 5.41 Å². The summed E-state index contributed by atoms with van der Waals surface area (Å²) in [6, 6.07) is 1.80. The number of carbonyl (C=O) groups excluding carboxylic acids is 1. The van der Waals surface area contributed by atoms with Crippen LogP contribution in [0, 0.1) is 17.3 Å². The minimum absolute atomic E-state index is 0.0737. The third kappa shape index (κ3) is 5.10. The van der Waals surface area contributed by atoms with Gasteiger partial charge in [0, 0.05) is 31.7 Å². The average Bonchev–Trinajstić information content (AvgIpc) is 2.93. The van der Waals surface area contributed by atoms with Gasteiger partial charge < -0.3 is 20.7 Å². The van der Waals surface area contributed by atoms with Crippen LogP contribution in [0.25, 0.3) is 0 Å². The number of rotatable bonds is 4. The smallest absolute Gasteiger partial charge is 0.295 e. The number of hydrogen-bond acceptors (Lipinski definition) is 6. The highest BCUT2D eigenvalue weighted by Crippen LogP contribution is 2.25. The van der Waals surface area contributed by atoms with E-state index in [0.717, 1.165) is 12.2 Å². The van der Waals surface area contributed by atoms with E-state index in [1.807, 2.05) is 20.8 Å². The van der Waals surface area contributed by atoms with Gasteiger partial charge in [0.2, 0.25) is 0 Å². The van der Waals surface area contributed by atoms with Crippen molar-refractivity contribution < 1.29 is 9.53 Å². The number of carbonyl (C=O) groups is 1. The molecule has 0 unspecified atom stereocenters. The quantitative estimate of drug-likeness (QED) is 0.794. The molecule has 1 aliphatic rings. The Bertz CT molecular complexity index is 644. The van der Waals surface area contributed by atoms with E-state index in [0.29, 0.717) is 18.9 Å². The summed E-state index contributed by atoms with van der Waals surface area (Å²) < 4.78 is 5.47. The summed E-state index contributed by atoms with van der Waals surface area (Å²) in [4.78, 5) is 22.2. The number of hydrogen-bond donors (Lipinski definition) is 2. The maximum Gasteiger partial charge on any atom is 0.295 e.